The summed E-state index contributed by atoms with van der Waals surface area (Å²) in [5.74, 6) is 0.776. The smallest absolute Gasteiger partial charge is 0.212 e. The molecule has 1 aliphatic rings. The Labute approximate surface area is 172 Å². The number of H-pyrrole nitrogens is 1. The lowest BCUT2D eigenvalue weighted by atomic mass is 9.93. The minimum Gasteiger partial charge on any atom is -0.370 e. The van der Waals surface area contributed by atoms with E-state index in [1.807, 2.05) is 17.7 Å². The Morgan fingerprint density at radius 1 is 1.23 bits per heavy atom. The van der Waals surface area contributed by atoms with Gasteiger partial charge in [0.25, 0.3) is 0 Å². The molecule has 0 amide bonds. The number of fused-ring (bicyclic) bond motifs is 1. The van der Waals surface area contributed by atoms with E-state index in [9.17, 15) is 9.65 Å². The molecule has 1 N–H and O–H groups in total. The Morgan fingerprint density at radius 3 is 2.73 bits per heavy atom. The molecule has 0 radical (unpaired) electrons. The molecule has 0 atom stereocenters. The Balaban J connectivity index is 1.58. The van der Waals surface area contributed by atoms with Crippen LogP contribution in [0.25, 0.3) is 22.2 Å². The minimum atomic E-state index is -0.534. The van der Waals surface area contributed by atoms with Crippen molar-refractivity contribution in [2.24, 2.45) is 7.05 Å². The molecular formula is C21H19FN8. The van der Waals surface area contributed by atoms with E-state index >= 15 is 0 Å². The highest BCUT2D eigenvalue weighted by molar-refractivity contribution is 5.97. The molecule has 1 fully saturated rings. The van der Waals surface area contributed by atoms with Crippen LogP contribution in [0.4, 0.5) is 10.1 Å². The first-order chi connectivity index (χ1) is 14.7. The first-order valence-corrected chi connectivity index (χ1v) is 9.76. The zero-order valence-electron chi connectivity index (χ0n) is 16.4. The maximum absolute atomic E-state index is 13.4. The van der Waals surface area contributed by atoms with E-state index in [0.29, 0.717) is 17.0 Å². The fraction of sp³-hybridized carbons (Fsp3) is 0.286. The van der Waals surface area contributed by atoms with Gasteiger partial charge < -0.3 is 14.5 Å². The van der Waals surface area contributed by atoms with Crippen molar-refractivity contribution in [3.05, 3.63) is 54.4 Å². The van der Waals surface area contributed by atoms with Gasteiger partial charge in [-0.1, -0.05) is 0 Å². The van der Waals surface area contributed by atoms with Gasteiger partial charge in [0.1, 0.15) is 29.3 Å². The molecule has 9 heteroatoms. The van der Waals surface area contributed by atoms with E-state index in [1.165, 1.54) is 12.3 Å². The van der Waals surface area contributed by atoms with Gasteiger partial charge in [0, 0.05) is 43.4 Å². The van der Waals surface area contributed by atoms with Crippen LogP contribution in [-0.4, -0.2) is 42.8 Å². The number of piperidine rings is 1. The largest absolute Gasteiger partial charge is 0.370 e. The summed E-state index contributed by atoms with van der Waals surface area (Å²) < 4.78 is 15.4. The van der Waals surface area contributed by atoms with Crippen LogP contribution >= 0.6 is 0 Å². The van der Waals surface area contributed by atoms with Crippen molar-refractivity contribution >= 4 is 16.7 Å². The third-order valence-electron chi connectivity index (χ3n) is 5.76. The van der Waals surface area contributed by atoms with Crippen LogP contribution in [0.1, 0.15) is 30.1 Å². The molecule has 0 spiro atoms. The van der Waals surface area contributed by atoms with Crippen LogP contribution in [0.3, 0.4) is 0 Å². The summed E-state index contributed by atoms with van der Waals surface area (Å²) in [5.41, 5.74) is 4.35. The predicted octanol–water partition coefficient (Wildman–Crippen LogP) is 3.15. The number of halogens is 1. The van der Waals surface area contributed by atoms with Gasteiger partial charge in [-0.2, -0.15) is 9.65 Å². The maximum atomic E-state index is 13.4. The first-order valence-electron chi connectivity index (χ1n) is 9.76. The zero-order valence-corrected chi connectivity index (χ0v) is 16.4. The predicted molar refractivity (Wildman–Crippen MR) is 109 cm³/mol. The molecule has 150 valence electrons. The van der Waals surface area contributed by atoms with Crippen molar-refractivity contribution in [1.82, 2.24) is 29.7 Å². The van der Waals surface area contributed by atoms with E-state index < -0.39 is 5.95 Å². The number of pyridine rings is 1. The number of nitrogens with one attached hydrogen (secondary N) is 1. The highest BCUT2D eigenvalue weighted by Crippen LogP contribution is 2.40. The standard InChI is InChI=1S/C21H19FN8/c1-29-12-27-28-21(29)13-4-6-30(7-5-13)20-15(14-2-3-18(22)24-10-14)8-17-19(16(20)9-23)26-11-25-17/h2-3,8,10-13H,4-7H2,1H3,(H,25,26). The molecule has 3 aromatic heterocycles. The fourth-order valence-electron chi connectivity index (χ4n) is 4.29. The van der Waals surface area contributed by atoms with Crippen molar-refractivity contribution in [1.29, 1.82) is 5.26 Å². The summed E-state index contributed by atoms with van der Waals surface area (Å²) in [6, 6.07) is 7.33. The molecule has 1 aromatic carbocycles. The highest BCUT2D eigenvalue weighted by Gasteiger charge is 2.28. The van der Waals surface area contributed by atoms with E-state index in [0.717, 1.165) is 54.1 Å². The molecular weight excluding hydrogens is 383 g/mol. The number of anilines is 1. The van der Waals surface area contributed by atoms with Gasteiger partial charge in [-0.15, -0.1) is 10.2 Å². The Hall–Kier alpha value is -3.80. The van der Waals surface area contributed by atoms with Gasteiger partial charge >= 0.3 is 0 Å². The van der Waals surface area contributed by atoms with Crippen LogP contribution in [0, 0.1) is 17.3 Å². The normalized spacial score (nSPS) is 14.9. The zero-order chi connectivity index (χ0) is 20.7. The number of aromatic amines is 1. The van der Waals surface area contributed by atoms with Crippen molar-refractivity contribution in [3.8, 4) is 17.2 Å². The van der Waals surface area contributed by atoms with Crippen molar-refractivity contribution < 1.29 is 4.39 Å². The van der Waals surface area contributed by atoms with Crippen molar-refractivity contribution in [2.45, 2.75) is 18.8 Å². The van der Waals surface area contributed by atoms with E-state index in [2.05, 4.69) is 36.1 Å². The van der Waals surface area contributed by atoms with Crippen LogP contribution in [0.2, 0.25) is 0 Å². The third-order valence-corrected chi connectivity index (χ3v) is 5.76. The molecule has 0 bridgehead atoms. The summed E-state index contributed by atoms with van der Waals surface area (Å²) in [5, 5.41) is 18.3. The molecule has 5 rings (SSSR count). The van der Waals surface area contributed by atoms with Crippen LogP contribution in [0.15, 0.2) is 37.1 Å². The van der Waals surface area contributed by atoms with E-state index in [4.69, 9.17) is 0 Å². The molecule has 30 heavy (non-hydrogen) atoms. The molecule has 0 saturated carbocycles. The molecule has 4 aromatic rings. The van der Waals surface area contributed by atoms with Gasteiger partial charge in [-0.25, -0.2) is 9.97 Å². The fourth-order valence-corrected chi connectivity index (χ4v) is 4.29. The summed E-state index contributed by atoms with van der Waals surface area (Å²) in [6.45, 7) is 1.54. The van der Waals surface area contributed by atoms with Gasteiger partial charge in [0.05, 0.1) is 17.5 Å². The number of aryl methyl sites for hydroxylation is 1. The second-order valence-corrected chi connectivity index (χ2v) is 7.49. The SMILES string of the molecule is Cn1cnnc1C1CCN(c2c(-c3ccc(F)nc3)cc3[nH]cnc3c2C#N)CC1. The molecule has 0 aliphatic carbocycles. The quantitative estimate of drug-likeness (QED) is 0.529. The van der Waals surface area contributed by atoms with Crippen molar-refractivity contribution in [2.75, 3.05) is 18.0 Å². The number of benzene rings is 1. The second-order valence-electron chi connectivity index (χ2n) is 7.49. The van der Waals surface area contributed by atoms with Crippen LogP contribution < -0.4 is 4.90 Å². The number of nitriles is 1. The number of aromatic nitrogens is 6. The Morgan fingerprint density at radius 2 is 2.07 bits per heavy atom. The number of imidazole rings is 1. The Bertz CT molecular complexity index is 1240. The highest BCUT2D eigenvalue weighted by atomic mass is 19.1. The summed E-state index contributed by atoms with van der Waals surface area (Å²) in [6.07, 6.45) is 6.61. The summed E-state index contributed by atoms with van der Waals surface area (Å²) >= 11 is 0. The average Bonchev–Trinajstić information content (AvgIpc) is 3.42. The minimum absolute atomic E-state index is 0.323. The molecule has 8 nitrogen and oxygen atoms in total. The Kier molecular flexibility index (Phi) is 4.39. The molecule has 1 saturated heterocycles. The van der Waals surface area contributed by atoms with Crippen LogP contribution in [0.5, 0.6) is 0 Å². The monoisotopic (exact) mass is 402 g/mol. The van der Waals surface area contributed by atoms with Gasteiger partial charge in [0.2, 0.25) is 5.95 Å². The lowest BCUT2D eigenvalue weighted by Gasteiger charge is -2.35. The first kappa shape index (κ1) is 18.2. The van der Waals surface area contributed by atoms with E-state index in [-0.39, 0.29) is 0 Å². The number of nitrogens with zero attached hydrogens (tertiary/aromatic N) is 7. The van der Waals surface area contributed by atoms with Gasteiger partial charge in [-0.05, 0) is 31.0 Å². The van der Waals surface area contributed by atoms with E-state index in [1.54, 1.807) is 18.7 Å². The molecule has 0 unspecified atom stereocenters. The van der Waals surface area contributed by atoms with Crippen LogP contribution in [-0.2, 0) is 7.05 Å². The second kappa shape index (κ2) is 7.22. The maximum Gasteiger partial charge on any atom is 0.212 e. The lowest BCUT2D eigenvalue weighted by Crippen LogP contribution is -2.34. The number of hydrogen-bond acceptors (Lipinski definition) is 6. The summed E-state index contributed by atoms with van der Waals surface area (Å²) in [7, 11) is 1.96. The van der Waals surface area contributed by atoms with Gasteiger partial charge in [0.15, 0.2) is 0 Å². The molecule has 1 aliphatic heterocycles. The average molecular weight is 402 g/mol. The van der Waals surface area contributed by atoms with Gasteiger partial charge in [-0.3, -0.25) is 0 Å². The lowest BCUT2D eigenvalue weighted by molar-refractivity contribution is 0.474. The third kappa shape index (κ3) is 2.97. The number of hydrogen-bond donors (Lipinski definition) is 1. The van der Waals surface area contributed by atoms with Crippen molar-refractivity contribution in [3.63, 3.8) is 0 Å². The topological polar surface area (TPSA) is 99.3 Å². The number of rotatable bonds is 3. The summed E-state index contributed by atoms with van der Waals surface area (Å²) in [4.78, 5) is 13.5. The molecule has 4 heterocycles.